The summed E-state index contributed by atoms with van der Waals surface area (Å²) in [6.45, 7) is 3.93. The Morgan fingerprint density at radius 3 is 2.83 bits per heavy atom. The molecule has 0 unspecified atom stereocenters. The van der Waals surface area contributed by atoms with E-state index in [1.54, 1.807) is 6.92 Å². The van der Waals surface area contributed by atoms with E-state index in [1.165, 1.54) is 18.4 Å². The maximum atomic E-state index is 11.4. The van der Waals surface area contributed by atoms with Crippen LogP contribution in [-0.4, -0.2) is 28.2 Å². The lowest BCUT2D eigenvalue weighted by Crippen LogP contribution is -2.05. The summed E-state index contributed by atoms with van der Waals surface area (Å²) < 4.78 is 9.48. The number of esters is 1. The van der Waals surface area contributed by atoms with Crippen LogP contribution in [0.1, 0.15) is 27.1 Å². The van der Waals surface area contributed by atoms with Crippen LogP contribution in [-0.2, 0) is 11.3 Å². The van der Waals surface area contributed by atoms with Gasteiger partial charge in [-0.1, -0.05) is 5.16 Å². The standard InChI is InChI=1S/C10H12N4O3S/c1-5-8(9(15)16-3)13-10(18-5)11-4-7-12-6(2)17-14-7/h4H2,1-3H3,(H,11,13). The van der Waals surface area contributed by atoms with Crippen molar-refractivity contribution in [3.8, 4) is 0 Å². The van der Waals surface area contributed by atoms with E-state index in [4.69, 9.17) is 4.52 Å². The quantitative estimate of drug-likeness (QED) is 0.841. The molecule has 0 atom stereocenters. The van der Waals surface area contributed by atoms with Gasteiger partial charge in [0.05, 0.1) is 13.7 Å². The molecule has 7 nitrogen and oxygen atoms in total. The molecule has 96 valence electrons. The smallest absolute Gasteiger partial charge is 0.357 e. The number of thiazole rings is 1. The number of hydrogen-bond donors (Lipinski definition) is 1. The Hall–Kier alpha value is -1.96. The monoisotopic (exact) mass is 268 g/mol. The van der Waals surface area contributed by atoms with E-state index in [1.807, 2.05) is 6.92 Å². The van der Waals surface area contributed by atoms with Gasteiger partial charge in [-0.25, -0.2) is 9.78 Å². The third-order valence-corrected chi connectivity index (χ3v) is 3.07. The zero-order chi connectivity index (χ0) is 13.1. The van der Waals surface area contributed by atoms with E-state index < -0.39 is 5.97 Å². The predicted molar refractivity (Wildman–Crippen MR) is 64.6 cm³/mol. The molecule has 0 spiro atoms. The van der Waals surface area contributed by atoms with Crippen molar-refractivity contribution in [3.05, 3.63) is 22.3 Å². The molecule has 0 bridgehead atoms. The summed E-state index contributed by atoms with van der Waals surface area (Å²) in [7, 11) is 1.33. The van der Waals surface area contributed by atoms with Gasteiger partial charge in [0, 0.05) is 11.8 Å². The van der Waals surface area contributed by atoms with Crippen molar-refractivity contribution in [3.63, 3.8) is 0 Å². The second kappa shape index (κ2) is 5.13. The van der Waals surface area contributed by atoms with Crippen molar-refractivity contribution in [1.29, 1.82) is 0 Å². The molecule has 0 aliphatic rings. The highest BCUT2D eigenvalue weighted by atomic mass is 32.1. The Morgan fingerprint density at radius 2 is 2.22 bits per heavy atom. The molecule has 0 saturated carbocycles. The highest BCUT2D eigenvalue weighted by Gasteiger charge is 2.15. The number of hydrogen-bond acceptors (Lipinski definition) is 8. The summed E-state index contributed by atoms with van der Waals surface area (Å²) in [5, 5.41) is 7.40. The average Bonchev–Trinajstić information content (AvgIpc) is 2.92. The van der Waals surface area contributed by atoms with Gasteiger partial charge >= 0.3 is 5.97 Å². The first-order valence-corrected chi connectivity index (χ1v) is 6.00. The van der Waals surface area contributed by atoms with Gasteiger partial charge in [-0.2, -0.15) is 4.98 Å². The number of nitrogens with one attached hydrogen (secondary N) is 1. The third-order valence-electron chi connectivity index (χ3n) is 2.14. The fourth-order valence-corrected chi connectivity index (χ4v) is 2.12. The Balaban J connectivity index is 2.04. The Kier molecular flexibility index (Phi) is 3.56. The van der Waals surface area contributed by atoms with Crippen LogP contribution in [0.2, 0.25) is 0 Å². The van der Waals surface area contributed by atoms with Crippen molar-refractivity contribution in [1.82, 2.24) is 15.1 Å². The number of ether oxygens (including phenoxy) is 1. The van der Waals surface area contributed by atoms with E-state index in [-0.39, 0.29) is 0 Å². The van der Waals surface area contributed by atoms with Gasteiger partial charge in [0.25, 0.3) is 0 Å². The zero-order valence-electron chi connectivity index (χ0n) is 10.2. The van der Waals surface area contributed by atoms with Gasteiger partial charge in [0.15, 0.2) is 16.6 Å². The molecular formula is C10H12N4O3S. The van der Waals surface area contributed by atoms with E-state index >= 15 is 0 Å². The van der Waals surface area contributed by atoms with Crippen LogP contribution < -0.4 is 5.32 Å². The summed E-state index contributed by atoms with van der Waals surface area (Å²) in [5.74, 6) is 0.615. The number of carbonyl (C=O) groups excluding carboxylic acids is 1. The molecule has 0 saturated heterocycles. The number of methoxy groups -OCH3 is 1. The highest BCUT2D eigenvalue weighted by Crippen LogP contribution is 2.22. The zero-order valence-corrected chi connectivity index (χ0v) is 11.0. The van der Waals surface area contributed by atoms with Gasteiger partial charge in [-0.05, 0) is 6.92 Å². The number of rotatable bonds is 4. The average molecular weight is 268 g/mol. The second-order valence-corrected chi connectivity index (χ2v) is 4.70. The van der Waals surface area contributed by atoms with E-state index in [0.29, 0.717) is 29.1 Å². The van der Waals surface area contributed by atoms with Crippen molar-refractivity contribution in [2.75, 3.05) is 12.4 Å². The summed E-state index contributed by atoms with van der Waals surface area (Å²) >= 11 is 1.37. The van der Waals surface area contributed by atoms with Crippen LogP contribution >= 0.6 is 11.3 Å². The minimum atomic E-state index is -0.438. The van der Waals surface area contributed by atoms with Crippen molar-refractivity contribution < 1.29 is 14.1 Å². The van der Waals surface area contributed by atoms with Crippen LogP contribution in [0.4, 0.5) is 5.13 Å². The summed E-state index contributed by atoms with van der Waals surface area (Å²) in [4.78, 5) is 20.4. The molecule has 2 aromatic rings. The van der Waals surface area contributed by atoms with Crippen LogP contribution in [0.15, 0.2) is 4.52 Å². The number of aryl methyl sites for hydroxylation is 2. The number of aromatic nitrogens is 3. The SMILES string of the molecule is COC(=O)c1nc(NCc2noc(C)n2)sc1C. The summed E-state index contributed by atoms with van der Waals surface area (Å²) in [6, 6.07) is 0. The van der Waals surface area contributed by atoms with Crippen molar-refractivity contribution in [2.45, 2.75) is 20.4 Å². The molecule has 0 aromatic carbocycles. The molecule has 0 aliphatic carbocycles. The van der Waals surface area contributed by atoms with Crippen LogP contribution in [0.5, 0.6) is 0 Å². The number of nitrogens with zero attached hydrogens (tertiary/aromatic N) is 3. The maximum absolute atomic E-state index is 11.4. The van der Waals surface area contributed by atoms with Crippen LogP contribution in [0.25, 0.3) is 0 Å². The summed E-state index contributed by atoms with van der Waals surface area (Å²) in [6.07, 6.45) is 0. The molecular weight excluding hydrogens is 256 g/mol. The Labute approximate surface area is 107 Å². The molecule has 18 heavy (non-hydrogen) atoms. The topological polar surface area (TPSA) is 90.1 Å². The van der Waals surface area contributed by atoms with E-state index in [9.17, 15) is 4.79 Å². The molecule has 0 amide bonds. The number of anilines is 1. The molecule has 2 rings (SSSR count). The Morgan fingerprint density at radius 1 is 1.44 bits per heavy atom. The fraction of sp³-hybridized carbons (Fsp3) is 0.400. The van der Waals surface area contributed by atoms with Crippen LogP contribution in [0, 0.1) is 13.8 Å². The molecule has 0 radical (unpaired) electrons. The van der Waals surface area contributed by atoms with Gasteiger partial charge < -0.3 is 14.6 Å². The Bertz CT molecular complexity index is 563. The fourth-order valence-electron chi connectivity index (χ4n) is 1.33. The molecule has 0 aliphatic heterocycles. The van der Waals surface area contributed by atoms with E-state index in [2.05, 4.69) is 25.2 Å². The lowest BCUT2D eigenvalue weighted by Gasteiger charge is -1.96. The lowest BCUT2D eigenvalue weighted by molar-refractivity contribution is 0.0594. The molecule has 8 heteroatoms. The minimum Gasteiger partial charge on any atom is -0.464 e. The number of carbonyl (C=O) groups is 1. The second-order valence-electron chi connectivity index (χ2n) is 3.50. The van der Waals surface area contributed by atoms with Gasteiger partial charge in [0.2, 0.25) is 5.89 Å². The van der Waals surface area contributed by atoms with Gasteiger partial charge in [-0.3, -0.25) is 0 Å². The normalized spacial score (nSPS) is 10.4. The van der Waals surface area contributed by atoms with Gasteiger partial charge in [-0.15, -0.1) is 11.3 Å². The first kappa shape index (κ1) is 12.5. The lowest BCUT2D eigenvalue weighted by atomic mass is 10.4. The molecule has 2 aromatic heterocycles. The maximum Gasteiger partial charge on any atom is 0.357 e. The molecule has 1 N–H and O–H groups in total. The van der Waals surface area contributed by atoms with Crippen LogP contribution in [0.3, 0.4) is 0 Å². The highest BCUT2D eigenvalue weighted by molar-refractivity contribution is 7.15. The van der Waals surface area contributed by atoms with Crippen molar-refractivity contribution >= 4 is 22.4 Å². The molecule has 0 fully saturated rings. The molecule has 2 heterocycles. The summed E-state index contributed by atoms with van der Waals surface area (Å²) in [5.41, 5.74) is 0.328. The minimum absolute atomic E-state index is 0.328. The van der Waals surface area contributed by atoms with Crippen molar-refractivity contribution in [2.24, 2.45) is 0 Å². The van der Waals surface area contributed by atoms with Gasteiger partial charge in [0.1, 0.15) is 0 Å². The predicted octanol–water partition coefficient (Wildman–Crippen LogP) is 1.54. The largest absolute Gasteiger partial charge is 0.464 e. The first-order valence-electron chi connectivity index (χ1n) is 5.19. The van der Waals surface area contributed by atoms with E-state index in [0.717, 1.165) is 4.88 Å². The third kappa shape index (κ3) is 2.65. The first-order chi connectivity index (χ1) is 8.60.